The van der Waals surface area contributed by atoms with Crippen LogP contribution in [0.4, 0.5) is 0 Å². The van der Waals surface area contributed by atoms with Crippen molar-refractivity contribution >= 4 is 38.2 Å². The Morgan fingerprint density at radius 2 is 1.97 bits per heavy atom. The van der Waals surface area contributed by atoms with Gasteiger partial charge in [-0.05, 0) is 30.3 Å². The normalized spacial score (nSPS) is 18.6. The second-order valence-corrected chi connectivity index (χ2v) is 8.72. The van der Waals surface area contributed by atoms with E-state index >= 15 is 0 Å². The molecule has 2 aromatic heterocycles. The molecule has 1 aliphatic rings. The Morgan fingerprint density at radius 3 is 2.68 bits per heavy atom. The summed E-state index contributed by atoms with van der Waals surface area (Å²) in [4.78, 5) is 30.0. The van der Waals surface area contributed by atoms with Gasteiger partial charge in [-0.3, -0.25) is 14.0 Å². The first-order valence-corrected chi connectivity index (χ1v) is 10.9. The lowest BCUT2D eigenvalue weighted by atomic mass is 9.96. The van der Waals surface area contributed by atoms with Crippen LogP contribution in [0.25, 0.3) is 26.4 Å². The van der Waals surface area contributed by atoms with Crippen molar-refractivity contribution in [2.75, 3.05) is 20.3 Å². The average molecular weight is 436 g/mol. The molecule has 3 heterocycles. The number of aliphatic hydroxyl groups excluding tert-OH is 1. The molecule has 0 bridgehead atoms. The van der Waals surface area contributed by atoms with E-state index in [0.717, 1.165) is 26.4 Å². The Kier molecular flexibility index (Phi) is 5.05. The first kappa shape index (κ1) is 19.9. The highest BCUT2D eigenvalue weighted by atomic mass is 32.1. The van der Waals surface area contributed by atoms with Gasteiger partial charge in [-0.25, -0.2) is 4.98 Å². The van der Waals surface area contributed by atoms with Crippen LogP contribution in [0.15, 0.2) is 48.7 Å². The zero-order chi connectivity index (χ0) is 21.5. The number of ether oxygens (including phenoxy) is 1. The third kappa shape index (κ3) is 3.63. The quantitative estimate of drug-likeness (QED) is 0.470. The number of carbonyl (C=O) groups excluding carboxylic acids is 2. The molecule has 1 aliphatic heterocycles. The van der Waals surface area contributed by atoms with Crippen LogP contribution in [0.1, 0.15) is 27.1 Å². The number of aliphatic hydroxyl groups is 1. The molecule has 8 heteroatoms. The van der Waals surface area contributed by atoms with Crippen LogP contribution in [0.3, 0.4) is 0 Å². The van der Waals surface area contributed by atoms with Crippen LogP contribution in [0, 0.1) is 5.92 Å². The largest absolute Gasteiger partial charge is 0.390 e. The number of hydrogen-bond donors (Lipinski definition) is 2. The molecule has 7 nitrogen and oxygen atoms in total. The number of nitrogens with one attached hydrogen (secondary N) is 1. The summed E-state index contributed by atoms with van der Waals surface area (Å²) in [6.45, 7) is 0.727. The number of aromatic nitrogens is 2. The van der Waals surface area contributed by atoms with Crippen molar-refractivity contribution in [3.8, 4) is 11.3 Å². The Hall–Kier alpha value is -3.07. The van der Waals surface area contributed by atoms with Crippen molar-refractivity contribution in [2.45, 2.75) is 12.5 Å². The van der Waals surface area contributed by atoms with Gasteiger partial charge in [0.15, 0.2) is 10.7 Å². The number of ketones is 1. The van der Waals surface area contributed by atoms with Crippen LogP contribution in [-0.4, -0.2) is 52.5 Å². The number of rotatable bonds is 5. The summed E-state index contributed by atoms with van der Waals surface area (Å²) < 4.78 is 8.25. The van der Waals surface area contributed by atoms with Gasteiger partial charge < -0.3 is 15.2 Å². The Bertz CT molecular complexity index is 1290. The molecule has 5 rings (SSSR count). The summed E-state index contributed by atoms with van der Waals surface area (Å²) in [5.74, 6) is -0.246. The van der Waals surface area contributed by atoms with Gasteiger partial charge in [-0.15, -0.1) is 0 Å². The van der Waals surface area contributed by atoms with Gasteiger partial charge in [0, 0.05) is 42.3 Å². The van der Waals surface area contributed by atoms with E-state index in [0.29, 0.717) is 24.3 Å². The molecule has 2 aromatic carbocycles. The predicted molar refractivity (Wildman–Crippen MR) is 119 cm³/mol. The summed E-state index contributed by atoms with van der Waals surface area (Å²) in [6.07, 6.45) is 1.68. The van der Waals surface area contributed by atoms with Gasteiger partial charge >= 0.3 is 0 Å². The van der Waals surface area contributed by atoms with Crippen LogP contribution >= 0.6 is 11.3 Å². The Labute approximate surface area is 182 Å². The number of benzene rings is 2. The lowest BCUT2D eigenvalue weighted by molar-refractivity contribution is 0.0890. The highest BCUT2D eigenvalue weighted by Gasteiger charge is 2.28. The van der Waals surface area contributed by atoms with Gasteiger partial charge in [-0.1, -0.05) is 23.5 Å². The van der Waals surface area contributed by atoms with Crippen molar-refractivity contribution in [1.82, 2.24) is 14.7 Å². The van der Waals surface area contributed by atoms with Crippen LogP contribution in [0.2, 0.25) is 0 Å². The van der Waals surface area contributed by atoms with Crippen molar-refractivity contribution in [3.05, 3.63) is 59.8 Å². The number of Topliss-reactive ketones (excluding diaryl/α,β-unsaturated/α-hetero) is 1. The van der Waals surface area contributed by atoms with Gasteiger partial charge in [-0.2, -0.15) is 0 Å². The van der Waals surface area contributed by atoms with E-state index in [-0.39, 0.29) is 24.0 Å². The Balaban J connectivity index is 1.41. The topological polar surface area (TPSA) is 92.9 Å². The van der Waals surface area contributed by atoms with E-state index in [1.54, 1.807) is 19.2 Å². The number of hydrogen-bond acceptors (Lipinski definition) is 6. The molecule has 4 aromatic rings. The minimum absolute atomic E-state index is 0.0133. The molecule has 2 atom stereocenters. The third-order valence-electron chi connectivity index (χ3n) is 5.70. The molecule has 0 unspecified atom stereocenters. The molecule has 31 heavy (non-hydrogen) atoms. The minimum atomic E-state index is -0.568. The van der Waals surface area contributed by atoms with E-state index in [9.17, 15) is 14.7 Å². The lowest BCUT2D eigenvalue weighted by Crippen LogP contribution is -2.21. The zero-order valence-corrected chi connectivity index (χ0v) is 17.7. The molecule has 0 spiro atoms. The molecule has 2 N–H and O–H groups in total. The number of fused-ring (bicyclic) bond motifs is 3. The maximum absolute atomic E-state index is 12.7. The molecule has 1 fully saturated rings. The molecule has 0 aliphatic carbocycles. The molecule has 158 valence electrons. The van der Waals surface area contributed by atoms with Crippen molar-refractivity contribution in [3.63, 3.8) is 0 Å². The number of thiazole rings is 1. The molecule has 0 radical (unpaired) electrons. The SMILES string of the molecule is CNC(=O)c1ccc(-c2cn3c(n2)sc2cc(C(=O)C[C@H]4COC[C@@H]4O)ccc23)cc1. The number of imidazole rings is 1. The van der Waals surface area contributed by atoms with Gasteiger partial charge in [0.2, 0.25) is 0 Å². The summed E-state index contributed by atoms with van der Waals surface area (Å²) in [7, 11) is 1.61. The molecule has 1 amide bonds. The monoisotopic (exact) mass is 435 g/mol. The number of carbonyl (C=O) groups is 2. The predicted octanol–water partition coefficient (Wildman–Crippen LogP) is 3.16. The molecule has 1 saturated heterocycles. The molecular formula is C23H21N3O4S. The van der Waals surface area contributed by atoms with E-state index in [4.69, 9.17) is 9.72 Å². The van der Waals surface area contributed by atoms with Crippen molar-refractivity contribution in [2.24, 2.45) is 5.92 Å². The highest BCUT2D eigenvalue weighted by molar-refractivity contribution is 7.23. The van der Waals surface area contributed by atoms with Gasteiger partial charge in [0.1, 0.15) is 0 Å². The van der Waals surface area contributed by atoms with Crippen LogP contribution < -0.4 is 5.32 Å². The maximum atomic E-state index is 12.7. The fourth-order valence-electron chi connectivity index (χ4n) is 3.89. The number of amides is 1. The van der Waals surface area contributed by atoms with Gasteiger partial charge in [0.25, 0.3) is 5.91 Å². The third-order valence-corrected chi connectivity index (χ3v) is 6.72. The van der Waals surface area contributed by atoms with E-state index < -0.39 is 6.10 Å². The first-order valence-electron chi connectivity index (χ1n) is 10.1. The summed E-state index contributed by atoms with van der Waals surface area (Å²) >= 11 is 1.53. The van der Waals surface area contributed by atoms with Crippen molar-refractivity contribution < 1.29 is 19.4 Å². The standard InChI is InChI=1S/C23H21N3O4S/c1-24-22(29)14-4-2-13(3-5-14)17-10-26-18-7-6-15(9-21(18)31-23(26)25-17)19(27)8-16-11-30-12-20(16)28/h2-7,9-10,16,20,28H,8,11-12H2,1H3,(H,24,29)/t16-,20-/m0/s1. The summed E-state index contributed by atoms with van der Waals surface area (Å²) in [5.41, 5.74) is 3.99. The number of nitrogens with zero attached hydrogens (tertiary/aromatic N) is 2. The van der Waals surface area contributed by atoms with E-state index in [1.165, 1.54) is 11.3 Å². The molecule has 0 saturated carbocycles. The van der Waals surface area contributed by atoms with Crippen molar-refractivity contribution in [1.29, 1.82) is 0 Å². The second kappa shape index (κ2) is 7.88. The fraction of sp³-hybridized carbons (Fsp3) is 0.261. The smallest absolute Gasteiger partial charge is 0.251 e. The lowest BCUT2D eigenvalue weighted by Gasteiger charge is -2.11. The molecular weight excluding hydrogens is 414 g/mol. The van der Waals surface area contributed by atoms with E-state index in [2.05, 4.69) is 5.32 Å². The highest BCUT2D eigenvalue weighted by Crippen LogP contribution is 2.31. The minimum Gasteiger partial charge on any atom is -0.390 e. The van der Waals surface area contributed by atoms with E-state index in [1.807, 2.05) is 40.9 Å². The zero-order valence-electron chi connectivity index (χ0n) is 16.9. The summed E-state index contributed by atoms with van der Waals surface area (Å²) in [5, 5.41) is 12.5. The Morgan fingerprint density at radius 1 is 1.19 bits per heavy atom. The fourth-order valence-corrected chi connectivity index (χ4v) is 4.94. The van der Waals surface area contributed by atoms with Crippen LogP contribution in [-0.2, 0) is 4.74 Å². The first-order chi connectivity index (χ1) is 15.0. The summed E-state index contributed by atoms with van der Waals surface area (Å²) in [6, 6.07) is 13.0. The van der Waals surface area contributed by atoms with Gasteiger partial charge in [0.05, 0.1) is 35.2 Å². The maximum Gasteiger partial charge on any atom is 0.251 e. The van der Waals surface area contributed by atoms with Crippen LogP contribution in [0.5, 0.6) is 0 Å². The average Bonchev–Trinajstić information content (AvgIpc) is 3.47. The second-order valence-electron chi connectivity index (χ2n) is 7.71.